The van der Waals surface area contributed by atoms with Gasteiger partial charge < -0.3 is 43.5 Å². The lowest BCUT2D eigenvalue weighted by molar-refractivity contribution is -0.152. The topological polar surface area (TPSA) is 125 Å². The van der Waals surface area contributed by atoms with Crippen LogP contribution in [0.1, 0.15) is 234 Å². The maximum Gasteiger partial charge on any atom is 0.305 e. The van der Waals surface area contributed by atoms with E-state index in [1.165, 1.54) is 32.1 Å². The summed E-state index contributed by atoms with van der Waals surface area (Å²) >= 11 is 0. The Labute approximate surface area is 441 Å². The summed E-state index contributed by atoms with van der Waals surface area (Å²) in [5.74, 6) is -0.255. The molecule has 1 rings (SSSR count). The van der Waals surface area contributed by atoms with E-state index < -0.39 is 6.04 Å². The number of unbranched alkanes of at least 4 members (excludes halogenated alkanes) is 15. The van der Waals surface area contributed by atoms with Gasteiger partial charge in [-0.2, -0.15) is 0 Å². The first kappa shape index (κ1) is 67.4. The van der Waals surface area contributed by atoms with Crippen LogP contribution in [-0.4, -0.2) is 125 Å². The van der Waals surface area contributed by atoms with Crippen molar-refractivity contribution in [2.45, 2.75) is 259 Å². The van der Waals surface area contributed by atoms with Crippen LogP contribution in [0.25, 0.3) is 0 Å². The van der Waals surface area contributed by atoms with Crippen molar-refractivity contribution in [1.29, 1.82) is 0 Å². The number of carbonyl (C=O) groups excluding carboxylic acids is 3. The Morgan fingerprint density at radius 1 is 0.542 bits per heavy atom. The number of hydrogen-bond acceptors (Lipinski definition) is 10. The number of nitrogens with zero attached hydrogens (tertiary/aromatic N) is 2. The fraction of sp³-hybridized carbons (Fsp3) is 0.850. The summed E-state index contributed by atoms with van der Waals surface area (Å²) < 4.78 is 36.6. The summed E-state index contributed by atoms with van der Waals surface area (Å²) in [6.07, 6.45) is 41.1. The van der Waals surface area contributed by atoms with Gasteiger partial charge in [0, 0.05) is 71.9 Å². The zero-order chi connectivity index (χ0) is 52.4. The first-order valence-electron chi connectivity index (χ1n) is 29.8. The molecule has 12 nitrogen and oxygen atoms in total. The summed E-state index contributed by atoms with van der Waals surface area (Å²) in [6, 6.07) is -0.533. The Balaban J connectivity index is 2.55. The van der Waals surface area contributed by atoms with Crippen molar-refractivity contribution >= 4 is 17.8 Å². The lowest BCUT2D eigenvalue weighted by atomic mass is 10.1. The molecule has 12 heteroatoms. The number of likely N-dealkylation sites (N-methyl/N-ethyl adjacent to an activating group) is 1. The number of likely N-dealkylation sites (tertiary alicyclic amines) is 1. The maximum absolute atomic E-state index is 13.8. The van der Waals surface area contributed by atoms with Crippen molar-refractivity contribution in [2.24, 2.45) is 0 Å². The molecule has 3 atom stereocenters. The molecule has 1 aliphatic heterocycles. The lowest BCUT2D eigenvalue weighted by Crippen LogP contribution is -2.47. The van der Waals surface area contributed by atoms with E-state index >= 15 is 0 Å². The Hall–Kier alpha value is -2.61. The van der Waals surface area contributed by atoms with Gasteiger partial charge in [-0.1, -0.05) is 117 Å². The third kappa shape index (κ3) is 38.9. The summed E-state index contributed by atoms with van der Waals surface area (Å²) in [5.41, 5.74) is 0. The number of allylic oxidation sites excluding steroid dienone is 6. The molecular weight excluding hydrogens is 907 g/mol. The Morgan fingerprint density at radius 3 is 1.56 bits per heavy atom. The van der Waals surface area contributed by atoms with E-state index in [0.29, 0.717) is 91.3 Å². The monoisotopic (exact) mass is 1020 g/mol. The molecule has 72 heavy (non-hydrogen) atoms. The molecule has 0 saturated carbocycles. The highest BCUT2D eigenvalue weighted by Gasteiger charge is 2.39. The van der Waals surface area contributed by atoms with E-state index in [9.17, 15) is 14.4 Å². The molecule has 1 N–H and O–H groups in total. The molecule has 1 aliphatic rings. The molecule has 0 aromatic heterocycles. The number of ether oxygens (including phenoxy) is 6. The van der Waals surface area contributed by atoms with Gasteiger partial charge in [0.05, 0.1) is 12.7 Å². The van der Waals surface area contributed by atoms with Gasteiger partial charge >= 0.3 is 5.97 Å². The van der Waals surface area contributed by atoms with Crippen LogP contribution >= 0.6 is 0 Å². The van der Waals surface area contributed by atoms with Crippen LogP contribution in [0.15, 0.2) is 36.5 Å². The average molecular weight is 1020 g/mol. The Bertz CT molecular complexity index is 1320. The maximum atomic E-state index is 13.8. The molecule has 3 unspecified atom stereocenters. The van der Waals surface area contributed by atoms with Crippen LogP contribution in [0.3, 0.4) is 0 Å². The van der Waals surface area contributed by atoms with Crippen LogP contribution in [0.2, 0.25) is 0 Å². The van der Waals surface area contributed by atoms with E-state index in [0.717, 1.165) is 142 Å². The molecule has 0 aromatic carbocycles. The number of carbonyl (C=O) groups is 3. The molecule has 420 valence electrons. The minimum atomic E-state index is -0.533. The van der Waals surface area contributed by atoms with Gasteiger partial charge in [-0.15, -0.1) is 0 Å². The van der Waals surface area contributed by atoms with Crippen molar-refractivity contribution in [1.82, 2.24) is 15.1 Å². The smallest absolute Gasteiger partial charge is 0.305 e. The zero-order valence-electron chi connectivity index (χ0n) is 47.3. The van der Waals surface area contributed by atoms with Gasteiger partial charge in [0.1, 0.15) is 6.04 Å². The largest absolute Gasteiger partial charge is 0.466 e. The normalized spacial score (nSPS) is 15.6. The minimum absolute atomic E-state index is 0.00898. The van der Waals surface area contributed by atoms with Crippen LogP contribution in [0.5, 0.6) is 0 Å². The van der Waals surface area contributed by atoms with E-state index in [1.54, 1.807) is 4.90 Å². The molecule has 1 saturated heterocycles. The third-order valence-corrected chi connectivity index (χ3v) is 13.3. The third-order valence-electron chi connectivity index (χ3n) is 13.3. The predicted molar refractivity (Wildman–Crippen MR) is 297 cm³/mol. The van der Waals surface area contributed by atoms with E-state index in [-0.39, 0.29) is 36.5 Å². The first-order chi connectivity index (χ1) is 35.3. The molecule has 0 radical (unpaired) electrons. The van der Waals surface area contributed by atoms with Gasteiger partial charge in [-0.3, -0.25) is 14.4 Å². The zero-order valence-corrected chi connectivity index (χ0v) is 47.3. The van der Waals surface area contributed by atoms with Crippen molar-refractivity contribution in [3.8, 4) is 0 Å². The van der Waals surface area contributed by atoms with Gasteiger partial charge in [0.15, 0.2) is 12.6 Å². The summed E-state index contributed by atoms with van der Waals surface area (Å²) in [5, 5.41) is 3.12. The summed E-state index contributed by atoms with van der Waals surface area (Å²) in [6.45, 7) is 20.3. The van der Waals surface area contributed by atoms with Crippen LogP contribution < -0.4 is 5.32 Å². The molecule has 2 amide bonds. The van der Waals surface area contributed by atoms with Gasteiger partial charge in [-0.25, -0.2) is 0 Å². The number of esters is 1. The molecule has 0 bridgehead atoms. The van der Waals surface area contributed by atoms with Gasteiger partial charge in [0.25, 0.3) is 0 Å². The van der Waals surface area contributed by atoms with E-state index in [4.69, 9.17) is 28.4 Å². The molecular formula is C60H111N3O9. The summed E-state index contributed by atoms with van der Waals surface area (Å²) in [7, 11) is 0. The van der Waals surface area contributed by atoms with Gasteiger partial charge in [-0.05, 0) is 148 Å². The Kier molecular flexibility index (Phi) is 47.3. The highest BCUT2D eigenvalue weighted by molar-refractivity contribution is 5.88. The average Bonchev–Trinajstić information content (AvgIpc) is 3.82. The van der Waals surface area contributed by atoms with Crippen LogP contribution in [0, 0.1) is 0 Å². The lowest BCUT2D eigenvalue weighted by Gasteiger charge is -2.25. The molecule has 1 fully saturated rings. The van der Waals surface area contributed by atoms with E-state index in [1.807, 2.05) is 0 Å². The van der Waals surface area contributed by atoms with Crippen molar-refractivity contribution in [3.63, 3.8) is 0 Å². The summed E-state index contributed by atoms with van der Waals surface area (Å²) in [4.78, 5) is 44.0. The second-order valence-corrected chi connectivity index (χ2v) is 19.6. The van der Waals surface area contributed by atoms with Crippen molar-refractivity contribution in [2.75, 3.05) is 72.4 Å². The quantitative estimate of drug-likeness (QED) is 0.0272. The van der Waals surface area contributed by atoms with Gasteiger partial charge in [0.2, 0.25) is 11.8 Å². The fourth-order valence-corrected chi connectivity index (χ4v) is 8.76. The predicted octanol–water partition coefficient (Wildman–Crippen LogP) is 13.8. The number of amides is 2. The minimum Gasteiger partial charge on any atom is -0.466 e. The Morgan fingerprint density at radius 2 is 1.03 bits per heavy atom. The van der Waals surface area contributed by atoms with Crippen molar-refractivity contribution in [3.05, 3.63) is 36.5 Å². The number of hydrogen-bond donors (Lipinski definition) is 1. The van der Waals surface area contributed by atoms with Crippen LogP contribution in [-0.2, 0) is 42.8 Å². The molecule has 1 heterocycles. The number of rotatable bonds is 52. The van der Waals surface area contributed by atoms with Crippen molar-refractivity contribution < 1.29 is 42.8 Å². The second-order valence-electron chi connectivity index (χ2n) is 19.6. The first-order valence-corrected chi connectivity index (χ1v) is 29.8. The fourth-order valence-electron chi connectivity index (χ4n) is 8.76. The standard InChI is InChI=1S/C60H111N3O9/c1-7-13-17-21-25-35-48-69-58(70-49-36-26-22-18-14-8-2)42-32-31-40-56(64)63-53-54(52-55(63)60(66)61-44-45-62(11-5)12-6)67-46-33-29-30-34-47-68-57(65)41-39-43-59(71-50-37-27-23-19-15-9-3)72-51-38-28-24-20-16-10-4/h13,15-17,19-20,54-55,58-59H,7-12,14,18,21-53H2,1-6H3,(H,61,66)/b17-13-,19-15-,20-16-. The highest BCUT2D eigenvalue weighted by Crippen LogP contribution is 2.24. The molecule has 0 aliphatic carbocycles. The SMILES string of the molecule is CC/C=C\CCCCOC(CCCCC(=O)N1CC(OCCCCCCOC(=O)CCCC(OCCCC/C=C\CC)OCCCC/C=C\CC)CC1C(=O)NCCN(CC)CC)OCCCCCCCC. The number of nitrogens with one attached hydrogen (secondary N) is 1. The van der Waals surface area contributed by atoms with E-state index in [2.05, 4.69) is 88.2 Å². The molecule has 0 aromatic rings. The highest BCUT2D eigenvalue weighted by atomic mass is 16.7. The second kappa shape index (κ2) is 50.5. The van der Waals surface area contributed by atoms with Crippen LogP contribution in [0.4, 0.5) is 0 Å². The molecule has 0 spiro atoms.